The Morgan fingerprint density at radius 1 is 1.21 bits per heavy atom. The molecule has 130 valence electrons. The van der Waals surface area contributed by atoms with Crippen LogP contribution >= 0.6 is 22.9 Å². The number of likely N-dealkylation sites (N-methyl/N-ethyl adjacent to an activating group) is 1. The van der Waals surface area contributed by atoms with Gasteiger partial charge in [-0.3, -0.25) is 9.69 Å². The Hall–Kier alpha value is -1.76. The van der Waals surface area contributed by atoms with Gasteiger partial charge in [0.2, 0.25) is 5.91 Å². The van der Waals surface area contributed by atoms with Crippen molar-refractivity contribution in [2.45, 2.75) is 13.1 Å². The van der Waals surface area contributed by atoms with Crippen molar-refractivity contribution in [2.75, 3.05) is 27.8 Å². The molecule has 0 radical (unpaired) electrons. The number of carbonyl (C=O) groups excluding carboxylic acids is 1. The van der Waals surface area contributed by atoms with Crippen LogP contribution in [0.15, 0.2) is 30.3 Å². The van der Waals surface area contributed by atoms with Gasteiger partial charge in [0, 0.05) is 18.0 Å². The Kier molecular flexibility index (Phi) is 6.90. The minimum absolute atomic E-state index is 0.0325. The first-order chi connectivity index (χ1) is 11.5. The zero-order valence-electron chi connectivity index (χ0n) is 14.0. The number of rotatable bonds is 8. The van der Waals surface area contributed by atoms with Crippen LogP contribution in [0.5, 0.6) is 11.5 Å². The van der Waals surface area contributed by atoms with Crippen LogP contribution in [0.4, 0.5) is 0 Å². The molecular formula is C17H21ClN2O3S. The van der Waals surface area contributed by atoms with E-state index < -0.39 is 0 Å². The SMILES string of the molecule is COc1ccc(CNC(=O)CN(C)Cc2ccc(Cl)s2)cc1OC. The first kappa shape index (κ1) is 18.6. The van der Waals surface area contributed by atoms with E-state index in [1.807, 2.05) is 42.3 Å². The van der Waals surface area contributed by atoms with Crippen molar-refractivity contribution in [3.8, 4) is 11.5 Å². The van der Waals surface area contributed by atoms with Crippen LogP contribution in [0.2, 0.25) is 4.34 Å². The van der Waals surface area contributed by atoms with Crippen LogP contribution in [-0.4, -0.2) is 38.6 Å². The van der Waals surface area contributed by atoms with E-state index in [2.05, 4.69) is 5.32 Å². The summed E-state index contributed by atoms with van der Waals surface area (Å²) in [5.74, 6) is 1.28. The largest absolute Gasteiger partial charge is 0.493 e. The van der Waals surface area contributed by atoms with Crippen molar-refractivity contribution in [2.24, 2.45) is 0 Å². The van der Waals surface area contributed by atoms with Gasteiger partial charge in [-0.05, 0) is 36.9 Å². The third kappa shape index (κ3) is 5.40. The number of thiophene rings is 1. The first-order valence-electron chi connectivity index (χ1n) is 7.42. The van der Waals surface area contributed by atoms with E-state index in [0.717, 1.165) is 14.8 Å². The molecule has 0 saturated carbocycles. The van der Waals surface area contributed by atoms with Crippen molar-refractivity contribution in [1.82, 2.24) is 10.2 Å². The molecule has 0 aliphatic heterocycles. The normalized spacial score (nSPS) is 10.7. The smallest absolute Gasteiger partial charge is 0.234 e. The highest BCUT2D eigenvalue weighted by Crippen LogP contribution is 2.27. The van der Waals surface area contributed by atoms with E-state index in [0.29, 0.717) is 31.1 Å². The minimum Gasteiger partial charge on any atom is -0.493 e. The van der Waals surface area contributed by atoms with Gasteiger partial charge in [-0.25, -0.2) is 0 Å². The zero-order chi connectivity index (χ0) is 17.5. The number of ether oxygens (including phenoxy) is 2. The second kappa shape index (κ2) is 8.92. The quantitative estimate of drug-likeness (QED) is 0.777. The van der Waals surface area contributed by atoms with Gasteiger partial charge in [0.05, 0.1) is 25.1 Å². The summed E-state index contributed by atoms with van der Waals surface area (Å²) in [6.07, 6.45) is 0. The van der Waals surface area contributed by atoms with Crippen LogP contribution in [-0.2, 0) is 17.9 Å². The van der Waals surface area contributed by atoms with Gasteiger partial charge in [-0.15, -0.1) is 11.3 Å². The van der Waals surface area contributed by atoms with Crippen LogP contribution in [0.1, 0.15) is 10.4 Å². The van der Waals surface area contributed by atoms with E-state index >= 15 is 0 Å². The van der Waals surface area contributed by atoms with Crippen molar-refractivity contribution in [3.63, 3.8) is 0 Å². The number of carbonyl (C=O) groups is 1. The Bertz CT molecular complexity index is 690. The van der Waals surface area contributed by atoms with Crippen molar-refractivity contribution >= 4 is 28.8 Å². The van der Waals surface area contributed by atoms with Gasteiger partial charge in [0.15, 0.2) is 11.5 Å². The maximum Gasteiger partial charge on any atom is 0.234 e. The third-order valence-electron chi connectivity index (χ3n) is 3.41. The number of amides is 1. The second-order valence-electron chi connectivity index (χ2n) is 5.34. The first-order valence-corrected chi connectivity index (χ1v) is 8.61. The van der Waals surface area contributed by atoms with Crippen LogP contribution in [0.3, 0.4) is 0 Å². The van der Waals surface area contributed by atoms with Gasteiger partial charge < -0.3 is 14.8 Å². The Morgan fingerprint density at radius 2 is 1.96 bits per heavy atom. The van der Waals surface area contributed by atoms with E-state index in [-0.39, 0.29) is 5.91 Å². The summed E-state index contributed by atoms with van der Waals surface area (Å²) in [4.78, 5) is 15.2. The number of methoxy groups -OCH3 is 2. The van der Waals surface area contributed by atoms with Crippen LogP contribution < -0.4 is 14.8 Å². The predicted octanol–water partition coefficient (Wildman–Crippen LogP) is 3.17. The highest BCUT2D eigenvalue weighted by molar-refractivity contribution is 7.16. The Labute approximate surface area is 151 Å². The number of nitrogens with zero attached hydrogens (tertiary/aromatic N) is 1. The van der Waals surface area contributed by atoms with Crippen molar-refractivity contribution in [1.29, 1.82) is 0 Å². The third-order valence-corrected chi connectivity index (χ3v) is 4.62. The molecule has 1 N–H and O–H groups in total. The fourth-order valence-corrected chi connectivity index (χ4v) is 3.42. The number of halogens is 1. The van der Waals surface area contributed by atoms with Crippen molar-refractivity contribution < 1.29 is 14.3 Å². The van der Waals surface area contributed by atoms with Gasteiger partial charge in [0.25, 0.3) is 0 Å². The molecule has 0 saturated heterocycles. The maximum atomic E-state index is 12.1. The molecule has 0 spiro atoms. The topological polar surface area (TPSA) is 50.8 Å². The summed E-state index contributed by atoms with van der Waals surface area (Å²) in [5.41, 5.74) is 0.952. The summed E-state index contributed by atoms with van der Waals surface area (Å²) in [7, 11) is 5.09. The molecule has 0 bridgehead atoms. The molecule has 0 fully saturated rings. The second-order valence-corrected chi connectivity index (χ2v) is 7.14. The molecule has 5 nitrogen and oxygen atoms in total. The van der Waals surface area contributed by atoms with E-state index in [9.17, 15) is 4.79 Å². The van der Waals surface area contributed by atoms with E-state index in [4.69, 9.17) is 21.1 Å². The number of hydrogen-bond acceptors (Lipinski definition) is 5. The molecule has 24 heavy (non-hydrogen) atoms. The molecule has 1 aromatic heterocycles. The standard InChI is InChI=1S/C17H21ClN2O3S/c1-20(10-13-5-7-16(18)24-13)11-17(21)19-9-12-4-6-14(22-2)15(8-12)23-3/h4-8H,9-11H2,1-3H3,(H,19,21). The Morgan fingerprint density at radius 3 is 2.58 bits per heavy atom. The fraction of sp³-hybridized carbons (Fsp3) is 0.353. The molecule has 0 unspecified atom stereocenters. The average Bonchev–Trinajstić information content (AvgIpc) is 2.97. The number of hydrogen-bond donors (Lipinski definition) is 1. The molecule has 2 aromatic rings. The molecule has 0 aliphatic rings. The summed E-state index contributed by atoms with van der Waals surface area (Å²) in [6.45, 7) is 1.46. The maximum absolute atomic E-state index is 12.1. The molecule has 2 rings (SSSR count). The molecule has 1 aromatic carbocycles. The lowest BCUT2D eigenvalue weighted by atomic mass is 10.2. The zero-order valence-corrected chi connectivity index (χ0v) is 15.5. The lowest BCUT2D eigenvalue weighted by Crippen LogP contribution is -2.34. The highest BCUT2D eigenvalue weighted by atomic mass is 35.5. The molecule has 1 amide bonds. The molecule has 0 atom stereocenters. The number of benzene rings is 1. The van der Waals surface area contributed by atoms with E-state index in [1.54, 1.807) is 14.2 Å². The summed E-state index contributed by atoms with van der Waals surface area (Å²) >= 11 is 7.44. The van der Waals surface area contributed by atoms with Gasteiger partial charge >= 0.3 is 0 Å². The summed E-state index contributed by atoms with van der Waals surface area (Å²) in [5, 5.41) is 2.91. The lowest BCUT2D eigenvalue weighted by Gasteiger charge is -2.15. The van der Waals surface area contributed by atoms with Gasteiger partial charge in [-0.2, -0.15) is 0 Å². The van der Waals surface area contributed by atoms with Gasteiger partial charge in [-0.1, -0.05) is 17.7 Å². The summed E-state index contributed by atoms with van der Waals surface area (Å²) < 4.78 is 11.2. The monoisotopic (exact) mass is 368 g/mol. The fourth-order valence-electron chi connectivity index (χ4n) is 2.25. The van der Waals surface area contributed by atoms with Crippen molar-refractivity contribution in [3.05, 3.63) is 45.1 Å². The predicted molar refractivity (Wildman–Crippen MR) is 97.1 cm³/mol. The van der Waals surface area contributed by atoms with E-state index in [1.165, 1.54) is 11.3 Å². The van der Waals surface area contributed by atoms with Crippen LogP contribution in [0.25, 0.3) is 0 Å². The highest BCUT2D eigenvalue weighted by Gasteiger charge is 2.09. The summed E-state index contributed by atoms with van der Waals surface area (Å²) in [6, 6.07) is 9.43. The Balaban J connectivity index is 1.82. The lowest BCUT2D eigenvalue weighted by molar-refractivity contribution is -0.122. The van der Waals surface area contributed by atoms with Gasteiger partial charge in [0.1, 0.15) is 0 Å². The average molecular weight is 369 g/mol. The van der Waals surface area contributed by atoms with Crippen LogP contribution in [0, 0.1) is 0 Å². The molecular weight excluding hydrogens is 348 g/mol. The molecule has 7 heteroatoms. The number of nitrogens with one attached hydrogen (secondary N) is 1. The molecule has 0 aliphatic carbocycles. The minimum atomic E-state index is -0.0325. The molecule has 1 heterocycles.